The van der Waals surface area contributed by atoms with Crippen molar-refractivity contribution in [3.8, 4) is 11.4 Å². The van der Waals surface area contributed by atoms with Gasteiger partial charge in [-0.05, 0) is 44.2 Å². The molecule has 0 bridgehead atoms. The van der Waals surface area contributed by atoms with Crippen molar-refractivity contribution in [2.45, 2.75) is 20.3 Å². The van der Waals surface area contributed by atoms with E-state index >= 15 is 0 Å². The molecule has 3 heterocycles. The molecule has 132 valence electrons. The second-order valence-electron chi connectivity index (χ2n) is 6.41. The van der Waals surface area contributed by atoms with E-state index < -0.39 is 0 Å². The lowest BCUT2D eigenvalue weighted by atomic mass is 10.2. The number of anilines is 1. The summed E-state index contributed by atoms with van der Waals surface area (Å²) in [5, 5.41) is 7.45. The van der Waals surface area contributed by atoms with Crippen molar-refractivity contribution in [1.82, 2.24) is 19.9 Å². The first-order chi connectivity index (χ1) is 12.2. The number of nitrogens with zero attached hydrogens (tertiary/aromatic N) is 4. The molecule has 0 saturated carbocycles. The molecule has 3 rings (SSSR count). The number of allylic oxidation sites excluding steroid dienone is 1. The molecule has 6 heteroatoms. The molecule has 0 atom stereocenters. The molecule has 6 nitrogen and oxygen atoms in total. The van der Waals surface area contributed by atoms with E-state index in [9.17, 15) is 0 Å². The molecule has 2 aromatic rings. The Morgan fingerprint density at radius 2 is 2.08 bits per heavy atom. The number of aromatic amines is 1. The Morgan fingerprint density at radius 1 is 1.28 bits per heavy atom. The fraction of sp³-hybridized carbons (Fsp3) is 0.421. The summed E-state index contributed by atoms with van der Waals surface area (Å²) in [6, 6.07) is 6.13. The highest BCUT2D eigenvalue weighted by molar-refractivity contribution is 5.93. The van der Waals surface area contributed by atoms with Gasteiger partial charge >= 0.3 is 0 Å². The molecule has 0 amide bonds. The molecule has 0 aromatic carbocycles. The molecule has 2 N–H and O–H groups in total. The maximum absolute atomic E-state index is 7.45. The van der Waals surface area contributed by atoms with E-state index in [4.69, 9.17) is 10.4 Å². The number of hydrogen-bond acceptors (Lipinski definition) is 5. The number of nitrogens with one attached hydrogen (secondary N) is 2. The van der Waals surface area contributed by atoms with Crippen LogP contribution in [0, 0.1) is 5.41 Å². The topological polar surface area (TPSA) is 71.9 Å². The van der Waals surface area contributed by atoms with Gasteiger partial charge in [-0.2, -0.15) is 0 Å². The fourth-order valence-electron chi connectivity index (χ4n) is 3.02. The summed E-state index contributed by atoms with van der Waals surface area (Å²) in [6.45, 7) is 9.39. The van der Waals surface area contributed by atoms with Gasteiger partial charge in [0.25, 0.3) is 0 Å². The first-order valence-corrected chi connectivity index (χ1v) is 8.88. The van der Waals surface area contributed by atoms with Crippen LogP contribution in [0.3, 0.4) is 0 Å². The minimum Gasteiger partial charge on any atom is -0.354 e. The standard InChI is InChI=1S/C19H26N6/c1-3-9-24-10-12-25(13-11-24)19-6-4-5-16(23-19)17-14-21-18(22-17)8-7-15(2)20/h4-8,14,20H,3,9-13H2,1-2H3,(H,21,22)/b8-7-,20-15?. The first-order valence-electron chi connectivity index (χ1n) is 8.88. The first kappa shape index (κ1) is 17.4. The smallest absolute Gasteiger partial charge is 0.130 e. The number of imidazole rings is 1. The molecule has 0 spiro atoms. The van der Waals surface area contributed by atoms with Crippen molar-refractivity contribution in [1.29, 1.82) is 5.41 Å². The van der Waals surface area contributed by atoms with Crippen molar-refractivity contribution in [3.05, 3.63) is 36.3 Å². The maximum atomic E-state index is 7.45. The van der Waals surface area contributed by atoms with E-state index in [1.807, 2.05) is 18.2 Å². The van der Waals surface area contributed by atoms with Gasteiger partial charge in [0.1, 0.15) is 11.6 Å². The van der Waals surface area contributed by atoms with Gasteiger partial charge in [0.15, 0.2) is 0 Å². The average molecular weight is 338 g/mol. The Morgan fingerprint density at radius 3 is 2.80 bits per heavy atom. The second kappa shape index (κ2) is 8.07. The molecule has 2 aromatic heterocycles. The van der Waals surface area contributed by atoms with E-state index in [1.165, 1.54) is 13.0 Å². The van der Waals surface area contributed by atoms with E-state index in [0.29, 0.717) is 5.71 Å². The van der Waals surface area contributed by atoms with Crippen LogP contribution < -0.4 is 4.90 Å². The van der Waals surface area contributed by atoms with E-state index in [0.717, 1.165) is 49.2 Å². The lowest BCUT2D eigenvalue weighted by Gasteiger charge is -2.35. The van der Waals surface area contributed by atoms with Crippen molar-refractivity contribution >= 4 is 17.6 Å². The van der Waals surface area contributed by atoms with Crippen molar-refractivity contribution < 1.29 is 0 Å². The average Bonchev–Trinajstić information content (AvgIpc) is 3.10. The van der Waals surface area contributed by atoms with Crippen molar-refractivity contribution in [3.63, 3.8) is 0 Å². The predicted octanol–water partition coefficient (Wildman–Crippen LogP) is 3.06. The number of rotatable bonds is 6. The quantitative estimate of drug-likeness (QED) is 0.794. The van der Waals surface area contributed by atoms with Crippen LogP contribution in [0.4, 0.5) is 5.82 Å². The Labute approximate surface area is 149 Å². The third-order valence-electron chi connectivity index (χ3n) is 4.33. The fourth-order valence-corrected chi connectivity index (χ4v) is 3.02. The Kier molecular flexibility index (Phi) is 5.60. The number of aromatic nitrogens is 3. The zero-order valence-electron chi connectivity index (χ0n) is 15.0. The van der Waals surface area contributed by atoms with Gasteiger partial charge in [0.05, 0.1) is 17.6 Å². The Balaban J connectivity index is 1.71. The number of hydrogen-bond donors (Lipinski definition) is 2. The molecule has 1 aliphatic heterocycles. The minimum absolute atomic E-state index is 0.500. The molecule has 1 fully saturated rings. The largest absolute Gasteiger partial charge is 0.354 e. The van der Waals surface area contributed by atoms with Gasteiger partial charge in [-0.3, -0.25) is 4.90 Å². The van der Waals surface area contributed by atoms with Crippen LogP contribution in [0.25, 0.3) is 17.5 Å². The molecule has 1 saturated heterocycles. The van der Waals surface area contributed by atoms with Crippen LogP contribution in [-0.2, 0) is 0 Å². The van der Waals surface area contributed by atoms with Crippen molar-refractivity contribution in [2.75, 3.05) is 37.6 Å². The highest BCUT2D eigenvalue weighted by Crippen LogP contribution is 2.20. The van der Waals surface area contributed by atoms with Gasteiger partial charge in [0.2, 0.25) is 0 Å². The highest BCUT2D eigenvalue weighted by atomic mass is 15.3. The van der Waals surface area contributed by atoms with Crippen LogP contribution >= 0.6 is 0 Å². The summed E-state index contributed by atoms with van der Waals surface area (Å²) >= 11 is 0. The summed E-state index contributed by atoms with van der Waals surface area (Å²) in [5.41, 5.74) is 2.29. The lowest BCUT2D eigenvalue weighted by molar-refractivity contribution is 0.258. The second-order valence-corrected chi connectivity index (χ2v) is 6.41. The molecule has 0 aliphatic carbocycles. The molecule has 0 radical (unpaired) electrons. The molecular formula is C19H26N6. The minimum atomic E-state index is 0.500. The zero-order valence-corrected chi connectivity index (χ0v) is 15.0. The summed E-state index contributed by atoms with van der Waals surface area (Å²) in [6.07, 6.45) is 6.54. The monoisotopic (exact) mass is 338 g/mol. The normalized spacial score (nSPS) is 15.8. The molecular weight excluding hydrogens is 312 g/mol. The predicted molar refractivity (Wildman–Crippen MR) is 103 cm³/mol. The van der Waals surface area contributed by atoms with E-state index in [1.54, 1.807) is 19.2 Å². The molecule has 0 unspecified atom stereocenters. The van der Waals surface area contributed by atoms with E-state index in [2.05, 4.69) is 32.8 Å². The van der Waals surface area contributed by atoms with E-state index in [-0.39, 0.29) is 0 Å². The zero-order chi connectivity index (χ0) is 17.6. The van der Waals surface area contributed by atoms with Crippen molar-refractivity contribution in [2.24, 2.45) is 0 Å². The van der Waals surface area contributed by atoms with Crippen LogP contribution in [0.5, 0.6) is 0 Å². The Hall–Kier alpha value is -2.47. The van der Waals surface area contributed by atoms with Gasteiger partial charge in [0, 0.05) is 31.9 Å². The molecule has 25 heavy (non-hydrogen) atoms. The summed E-state index contributed by atoms with van der Waals surface area (Å²) < 4.78 is 0. The number of pyridine rings is 1. The van der Waals surface area contributed by atoms with Crippen LogP contribution in [0.1, 0.15) is 26.1 Å². The van der Waals surface area contributed by atoms with Gasteiger partial charge in [-0.1, -0.05) is 13.0 Å². The van der Waals surface area contributed by atoms with Gasteiger partial charge in [-0.15, -0.1) is 0 Å². The SMILES string of the molecule is CCCN1CCN(c2cccc(-c3cnc(/C=C\C(C)=N)[nH]3)n2)CC1. The van der Waals surface area contributed by atoms with Crippen LogP contribution in [-0.4, -0.2) is 58.3 Å². The summed E-state index contributed by atoms with van der Waals surface area (Å²) in [4.78, 5) is 17.3. The summed E-state index contributed by atoms with van der Waals surface area (Å²) in [5.74, 6) is 1.76. The van der Waals surface area contributed by atoms with Crippen LogP contribution in [0.2, 0.25) is 0 Å². The lowest BCUT2D eigenvalue weighted by Crippen LogP contribution is -2.46. The highest BCUT2D eigenvalue weighted by Gasteiger charge is 2.17. The number of piperazine rings is 1. The van der Waals surface area contributed by atoms with Crippen LogP contribution in [0.15, 0.2) is 30.5 Å². The Bertz CT molecular complexity index is 740. The molecule has 1 aliphatic rings. The third-order valence-corrected chi connectivity index (χ3v) is 4.33. The third kappa shape index (κ3) is 4.54. The van der Waals surface area contributed by atoms with Gasteiger partial charge in [-0.25, -0.2) is 9.97 Å². The number of H-pyrrole nitrogens is 1. The maximum Gasteiger partial charge on any atom is 0.130 e. The van der Waals surface area contributed by atoms with Gasteiger partial charge < -0.3 is 15.3 Å². The summed E-state index contributed by atoms with van der Waals surface area (Å²) in [7, 11) is 0.